The lowest BCUT2D eigenvalue weighted by Crippen LogP contribution is -2.29. The van der Waals surface area contributed by atoms with Gasteiger partial charge in [0.25, 0.3) is 0 Å². The zero-order valence-corrected chi connectivity index (χ0v) is 12.7. The molecule has 2 aliphatic carbocycles. The highest BCUT2D eigenvalue weighted by atomic mass is 35.5. The Kier molecular flexibility index (Phi) is 3.70. The number of pyridine rings is 1. The summed E-state index contributed by atoms with van der Waals surface area (Å²) in [6.45, 7) is 3.22. The van der Waals surface area contributed by atoms with E-state index in [0.29, 0.717) is 5.88 Å². The average Bonchev–Trinajstić information content (AvgIpc) is 3.01. The van der Waals surface area contributed by atoms with Gasteiger partial charge in [0.2, 0.25) is 0 Å². The lowest BCUT2D eigenvalue weighted by molar-refractivity contribution is 0.337. The van der Waals surface area contributed by atoms with Gasteiger partial charge >= 0.3 is 0 Å². The monoisotopic (exact) mass is 278 g/mol. The normalized spacial score (nSPS) is 28.9. The van der Waals surface area contributed by atoms with E-state index in [4.69, 9.17) is 11.6 Å². The molecule has 0 saturated heterocycles. The van der Waals surface area contributed by atoms with Gasteiger partial charge in [-0.05, 0) is 50.0 Å². The van der Waals surface area contributed by atoms with Gasteiger partial charge in [-0.15, -0.1) is 11.6 Å². The molecule has 3 unspecified atom stereocenters. The van der Waals surface area contributed by atoms with Gasteiger partial charge in [-0.2, -0.15) is 0 Å². The largest absolute Gasteiger partial charge is 0.374 e. The fraction of sp³-hybridized carbons (Fsp3) is 0.688. The Hall–Kier alpha value is -0.760. The van der Waals surface area contributed by atoms with Crippen LogP contribution in [0.4, 0.5) is 5.69 Å². The lowest BCUT2D eigenvalue weighted by atomic mass is 9.88. The molecule has 0 radical (unpaired) electrons. The van der Waals surface area contributed by atoms with Crippen molar-refractivity contribution in [3.8, 4) is 0 Å². The summed E-state index contributed by atoms with van der Waals surface area (Å²) in [5, 5.41) is 0. The summed E-state index contributed by atoms with van der Waals surface area (Å²) < 4.78 is 0. The number of alkyl halides is 1. The van der Waals surface area contributed by atoms with Gasteiger partial charge in [-0.3, -0.25) is 4.98 Å². The van der Waals surface area contributed by atoms with Crippen molar-refractivity contribution in [3.05, 3.63) is 23.5 Å². The molecule has 2 bridgehead atoms. The molecule has 0 N–H and O–H groups in total. The number of halogens is 1. The smallest absolute Gasteiger partial charge is 0.0509 e. The van der Waals surface area contributed by atoms with Gasteiger partial charge in [0.1, 0.15) is 0 Å². The van der Waals surface area contributed by atoms with Crippen LogP contribution in [0.15, 0.2) is 12.3 Å². The Bertz CT molecular complexity index is 460. The van der Waals surface area contributed by atoms with Crippen LogP contribution >= 0.6 is 11.6 Å². The molecule has 0 aliphatic heterocycles. The maximum Gasteiger partial charge on any atom is 0.0509 e. The first-order valence-electron chi connectivity index (χ1n) is 7.40. The number of hydrogen-bond acceptors (Lipinski definition) is 2. The molecule has 1 aromatic heterocycles. The molecule has 19 heavy (non-hydrogen) atoms. The van der Waals surface area contributed by atoms with Gasteiger partial charge in [-0.1, -0.05) is 6.42 Å². The van der Waals surface area contributed by atoms with Crippen molar-refractivity contribution in [1.29, 1.82) is 0 Å². The number of anilines is 1. The minimum absolute atomic E-state index is 0.545. The van der Waals surface area contributed by atoms with E-state index < -0.39 is 0 Å². The summed E-state index contributed by atoms with van der Waals surface area (Å²) >= 11 is 6.04. The summed E-state index contributed by atoms with van der Waals surface area (Å²) in [7, 11) is 2.21. The molecule has 0 amide bonds. The summed E-state index contributed by atoms with van der Waals surface area (Å²) in [4.78, 5) is 6.75. The standard InChI is InChI=1S/C16H23ClN2/c1-11-5-16(15(8-17)9-18-11)19(2)10-14-7-12-3-4-13(14)6-12/h5,9,12-14H,3-4,6-8,10H2,1-2H3. The minimum atomic E-state index is 0.545. The molecule has 0 aromatic carbocycles. The van der Waals surface area contributed by atoms with Crippen molar-refractivity contribution < 1.29 is 0 Å². The molecule has 104 valence electrons. The molecule has 3 heteroatoms. The third kappa shape index (κ3) is 2.60. The van der Waals surface area contributed by atoms with Gasteiger partial charge in [-0.25, -0.2) is 0 Å². The fourth-order valence-electron chi connectivity index (χ4n) is 4.08. The van der Waals surface area contributed by atoms with Crippen molar-refractivity contribution in [2.75, 3.05) is 18.5 Å². The highest BCUT2D eigenvalue weighted by molar-refractivity contribution is 6.17. The first kappa shape index (κ1) is 13.2. The SMILES string of the molecule is Cc1cc(N(C)CC2CC3CCC2C3)c(CCl)cn1. The predicted octanol–water partition coefficient (Wildman–Crippen LogP) is 4.00. The molecule has 2 saturated carbocycles. The maximum absolute atomic E-state index is 6.04. The Labute approximate surface area is 121 Å². The third-order valence-electron chi connectivity index (χ3n) is 5.05. The highest BCUT2D eigenvalue weighted by Crippen LogP contribution is 2.48. The second kappa shape index (κ2) is 5.32. The number of hydrogen-bond donors (Lipinski definition) is 0. The van der Waals surface area contributed by atoms with Gasteiger partial charge < -0.3 is 4.90 Å². The van der Waals surface area contributed by atoms with E-state index in [0.717, 1.165) is 29.0 Å². The van der Waals surface area contributed by atoms with Crippen LogP contribution < -0.4 is 4.90 Å². The molecule has 0 spiro atoms. The fourth-order valence-corrected chi connectivity index (χ4v) is 4.29. The Morgan fingerprint density at radius 2 is 2.21 bits per heavy atom. The molecule has 3 rings (SSSR count). The minimum Gasteiger partial charge on any atom is -0.374 e. The van der Waals surface area contributed by atoms with Crippen LogP contribution in [0.3, 0.4) is 0 Å². The number of aromatic nitrogens is 1. The number of rotatable bonds is 4. The average molecular weight is 279 g/mol. The van der Waals surface area contributed by atoms with Gasteiger partial charge in [0.05, 0.1) is 5.88 Å². The van der Waals surface area contributed by atoms with Crippen molar-refractivity contribution in [3.63, 3.8) is 0 Å². The van der Waals surface area contributed by atoms with Gasteiger partial charge in [0, 0.05) is 36.7 Å². The van der Waals surface area contributed by atoms with E-state index in [1.54, 1.807) is 0 Å². The van der Waals surface area contributed by atoms with E-state index in [1.165, 1.54) is 37.9 Å². The maximum atomic E-state index is 6.04. The number of aryl methyl sites for hydroxylation is 1. The van der Waals surface area contributed by atoms with Crippen molar-refractivity contribution in [1.82, 2.24) is 4.98 Å². The summed E-state index contributed by atoms with van der Waals surface area (Å²) in [5.74, 6) is 3.44. The summed E-state index contributed by atoms with van der Waals surface area (Å²) in [6.07, 6.45) is 7.79. The number of fused-ring (bicyclic) bond motifs is 2. The molecule has 2 nitrogen and oxygen atoms in total. The molecule has 1 heterocycles. The van der Waals surface area contributed by atoms with E-state index in [-0.39, 0.29) is 0 Å². The third-order valence-corrected chi connectivity index (χ3v) is 5.33. The first-order chi connectivity index (χ1) is 9.17. The van der Waals surface area contributed by atoms with E-state index in [1.807, 2.05) is 13.1 Å². The second-order valence-electron chi connectivity index (χ2n) is 6.40. The van der Waals surface area contributed by atoms with Crippen LogP contribution in [0.2, 0.25) is 0 Å². The van der Waals surface area contributed by atoms with Crippen LogP contribution in [0.5, 0.6) is 0 Å². The quantitative estimate of drug-likeness (QED) is 0.774. The topological polar surface area (TPSA) is 16.1 Å². The lowest BCUT2D eigenvalue weighted by Gasteiger charge is -2.29. The molecule has 2 fully saturated rings. The van der Waals surface area contributed by atoms with E-state index in [9.17, 15) is 0 Å². The van der Waals surface area contributed by atoms with Crippen LogP contribution in [0.1, 0.15) is 36.9 Å². The molecular weight excluding hydrogens is 256 g/mol. The molecular formula is C16H23ClN2. The number of nitrogens with zero attached hydrogens (tertiary/aromatic N) is 2. The first-order valence-corrected chi connectivity index (χ1v) is 7.93. The highest BCUT2D eigenvalue weighted by Gasteiger charge is 2.39. The summed E-state index contributed by atoms with van der Waals surface area (Å²) in [6, 6.07) is 2.17. The summed E-state index contributed by atoms with van der Waals surface area (Å²) in [5.41, 5.74) is 3.49. The van der Waals surface area contributed by atoms with Crippen molar-refractivity contribution in [2.45, 2.75) is 38.5 Å². The van der Waals surface area contributed by atoms with Crippen molar-refractivity contribution >= 4 is 17.3 Å². The molecule has 2 aliphatic rings. The van der Waals surface area contributed by atoms with Crippen LogP contribution in [0.25, 0.3) is 0 Å². The second-order valence-corrected chi connectivity index (χ2v) is 6.67. The van der Waals surface area contributed by atoms with Crippen LogP contribution in [-0.4, -0.2) is 18.6 Å². The molecule has 3 atom stereocenters. The van der Waals surface area contributed by atoms with E-state index in [2.05, 4.69) is 23.0 Å². The van der Waals surface area contributed by atoms with Gasteiger partial charge in [0.15, 0.2) is 0 Å². The Morgan fingerprint density at radius 1 is 1.37 bits per heavy atom. The van der Waals surface area contributed by atoms with Crippen LogP contribution in [-0.2, 0) is 5.88 Å². The van der Waals surface area contributed by atoms with E-state index >= 15 is 0 Å². The predicted molar refractivity (Wildman–Crippen MR) is 80.7 cm³/mol. The molecule has 1 aromatic rings. The zero-order valence-electron chi connectivity index (χ0n) is 11.9. The van der Waals surface area contributed by atoms with Crippen molar-refractivity contribution in [2.24, 2.45) is 17.8 Å². The van der Waals surface area contributed by atoms with Crippen LogP contribution in [0, 0.1) is 24.7 Å². The Morgan fingerprint density at radius 3 is 2.84 bits per heavy atom. The Balaban J connectivity index is 1.73. The zero-order chi connectivity index (χ0) is 13.4.